The van der Waals surface area contributed by atoms with E-state index < -0.39 is 16.1 Å². The van der Waals surface area contributed by atoms with E-state index in [1.54, 1.807) is 24.3 Å². The van der Waals surface area contributed by atoms with Crippen molar-refractivity contribution in [2.24, 2.45) is 0 Å². The molecule has 1 heterocycles. The van der Waals surface area contributed by atoms with Crippen molar-refractivity contribution in [2.75, 3.05) is 13.7 Å². The molecule has 0 aliphatic rings. The quantitative estimate of drug-likeness (QED) is 0.216. The summed E-state index contributed by atoms with van der Waals surface area (Å²) in [6, 6.07) is 19.1. The number of pyridine rings is 1. The van der Waals surface area contributed by atoms with Gasteiger partial charge in [-0.2, -0.15) is 8.42 Å². The number of aromatic nitrogens is 1. The summed E-state index contributed by atoms with van der Waals surface area (Å²) in [7, 11) is -2.58. The smallest absolute Gasteiger partial charge is 0.360 e. The van der Waals surface area contributed by atoms with Gasteiger partial charge in [-0.1, -0.05) is 53.9 Å². The average molecular weight is 466 g/mol. The third-order valence-corrected chi connectivity index (χ3v) is 5.79. The second-order valence-electron chi connectivity index (χ2n) is 6.95. The van der Waals surface area contributed by atoms with Gasteiger partial charge in [0.25, 0.3) is 10.1 Å². The van der Waals surface area contributed by atoms with E-state index in [2.05, 4.69) is 16.8 Å². The molecule has 0 aliphatic carbocycles. The lowest BCUT2D eigenvalue weighted by Gasteiger charge is -2.10. The van der Waals surface area contributed by atoms with Crippen molar-refractivity contribution in [3.05, 3.63) is 89.2 Å². The Hall–Kier alpha value is -3.67. The van der Waals surface area contributed by atoms with Crippen molar-refractivity contribution >= 4 is 16.1 Å². The Morgan fingerprint density at radius 3 is 2.42 bits per heavy atom. The highest BCUT2D eigenvalue weighted by Crippen LogP contribution is 2.19. The standard InChI is InChI=1S/C25H23NO6S/c1-19-11-14-22(15-12-19)33(28,29)32-17-7-6-10-21-13-16-23(24(26-21)25(27)30-2)31-18-20-8-4-3-5-9-20/h3-5,8-9,11-16H,7,17-18H2,1-2H3. The summed E-state index contributed by atoms with van der Waals surface area (Å²) in [5, 5.41) is 0. The first kappa shape index (κ1) is 24.0. The van der Waals surface area contributed by atoms with Gasteiger partial charge < -0.3 is 9.47 Å². The fraction of sp³-hybridized carbons (Fsp3) is 0.200. The summed E-state index contributed by atoms with van der Waals surface area (Å²) >= 11 is 0. The lowest BCUT2D eigenvalue weighted by molar-refractivity contribution is 0.0588. The molecule has 8 heteroatoms. The largest absolute Gasteiger partial charge is 0.486 e. The van der Waals surface area contributed by atoms with Crippen molar-refractivity contribution in [1.82, 2.24) is 4.98 Å². The highest BCUT2D eigenvalue weighted by molar-refractivity contribution is 7.86. The molecule has 0 fully saturated rings. The molecule has 1 aromatic heterocycles. The molecule has 0 spiro atoms. The molecular formula is C25H23NO6S. The van der Waals surface area contributed by atoms with Gasteiger partial charge in [-0.25, -0.2) is 9.78 Å². The van der Waals surface area contributed by atoms with Gasteiger partial charge in [0, 0.05) is 6.42 Å². The van der Waals surface area contributed by atoms with Crippen LogP contribution in [0.1, 0.15) is 33.7 Å². The molecule has 170 valence electrons. The van der Waals surface area contributed by atoms with Crippen LogP contribution in [0.5, 0.6) is 5.75 Å². The summed E-state index contributed by atoms with van der Waals surface area (Å²) in [4.78, 5) is 16.5. The van der Waals surface area contributed by atoms with Crippen molar-refractivity contribution in [2.45, 2.75) is 24.8 Å². The SMILES string of the molecule is COC(=O)c1nc(C#CCCOS(=O)(=O)c2ccc(C)cc2)ccc1OCc1ccccc1. The Balaban J connectivity index is 1.63. The molecule has 2 aromatic carbocycles. The molecular weight excluding hydrogens is 442 g/mol. The fourth-order valence-corrected chi connectivity index (χ4v) is 3.65. The van der Waals surface area contributed by atoms with E-state index in [0.29, 0.717) is 5.69 Å². The van der Waals surface area contributed by atoms with E-state index in [1.165, 1.54) is 19.2 Å². The van der Waals surface area contributed by atoms with E-state index in [0.717, 1.165) is 11.1 Å². The zero-order valence-corrected chi connectivity index (χ0v) is 19.1. The maximum absolute atomic E-state index is 12.2. The molecule has 0 saturated heterocycles. The molecule has 0 saturated carbocycles. The molecule has 3 aromatic rings. The van der Waals surface area contributed by atoms with Gasteiger partial charge in [0.05, 0.1) is 18.6 Å². The van der Waals surface area contributed by atoms with Gasteiger partial charge in [-0.05, 0) is 42.7 Å². The Bertz CT molecular complexity index is 1260. The maximum atomic E-state index is 12.2. The van der Waals surface area contributed by atoms with Crippen LogP contribution in [-0.4, -0.2) is 33.1 Å². The number of ether oxygens (including phenoxy) is 2. The number of methoxy groups -OCH3 is 1. The first-order valence-electron chi connectivity index (χ1n) is 10.1. The van der Waals surface area contributed by atoms with Gasteiger partial charge in [-0.15, -0.1) is 0 Å². The van der Waals surface area contributed by atoms with E-state index in [-0.39, 0.29) is 36.0 Å². The van der Waals surface area contributed by atoms with Crippen LogP contribution in [0.2, 0.25) is 0 Å². The minimum Gasteiger partial charge on any atom is -0.486 e. The molecule has 0 radical (unpaired) electrons. The van der Waals surface area contributed by atoms with Crippen LogP contribution >= 0.6 is 0 Å². The van der Waals surface area contributed by atoms with E-state index in [1.807, 2.05) is 37.3 Å². The van der Waals surface area contributed by atoms with Crippen LogP contribution in [0.25, 0.3) is 0 Å². The average Bonchev–Trinajstić information content (AvgIpc) is 2.83. The number of aryl methyl sites for hydroxylation is 1. The number of carbonyl (C=O) groups excluding carboxylic acids is 1. The molecule has 0 amide bonds. The van der Waals surface area contributed by atoms with Crippen molar-refractivity contribution in [3.63, 3.8) is 0 Å². The summed E-state index contributed by atoms with van der Waals surface area (Å²) in [5.41, 5.74) is 2.23. The first-order chi connectivity index (χ1) is 15.9. The molecule has 3 rings (SSSR count). The summed E-state index contributed by atoms with van der Waals surface area (Å²) in [6.07, 6.45) is 0.159. The van der Waals surface area contributed by atoms with Crippen LogP contribution in [0.15, 0.2) is 71.6 Å². The maximum Gasteiger partial charge on any atom is 0.360 e. The number of esters is 1. The molecule has 0 unspecified atom stereocenters. The fourth-order valence-electron chi connectivity index (χ4n) is 2.74. The van der Waals surface area contributed by atoms with Gasteiger partial charge >= 0.3 is 5.97 Å². The molecule has 0 N–H and O–H groups in total. The molecule has 0 aliphatic heterocycles. The Kier molecular flexibility index (Phi) is 8.19. The van der Waals surface area contributed by atoms with Gasteiger partial charge in [0.15, 0.2) is 11.4 Å². The minimum atomic E-state index is -3.84. The second-order valence-corrected chi connectivity index (χ2v) is 8.57. The first-order valence-corrected chi connectivity index (χ1v) is 11.5. The number of hydrogen-bond acceptors (Lipinski definition) is 7. The van der Waals surface area contributed by atoms with Gasteiger partial charge in [-0.3, -0.25) is 4.18 Å². The lowest BCUT2D eigenvalue weighted by Crippen LogP contribution is -2.09. The third kappa shape index (κ3) is 6.91. The Morgan fingerprint density at radius 2 is 1.73 bits per heavy atom. The third-order valence-electron chi connectivity index (χ3n) is 4.47. The van der Waals surface area contributed by atoms with Gasteiger partial charge in [0.2, 0.25) is 0 Å². The van der Waals surface area contributed by atoms with E-state index in [4.69, 9.17) is 13.7 Å². The minimum absolute atomic E-state index is 0.0124. The molecule has 33 heavy (non-hydrogen) atoms. The summed E-state index contributed by atoms with van der Waals surface area (Å²) in [5.74, 6) is 5.24. The zero-order chi connectivity index (χ0) is 23.7. The predicted molar refractivity (Wildman–Crippen MR) is 122 cm³/mol. The van der Waals surface area contributed by atoms with Crippen molar-refractivity contribution < 1.29 is 26.9 Å². The summed E-state index contributed by atoms with van der Waals surface area (Å²) in [6.45, 7) is 2.03. The van der Waals surface area contributed by atoms with Crippen LogP contribution in [0.3, 0.4) is 0 Å². The number of rotatable bonds is 8. The highest BCUT2D eigenvalue weighted by atomic mass is 32.2. The van der Waals surface area contributed by atoms with Crippen LogP contribution < -0.4 is 4.74 Å². The summed E-state index contributed by atoms with van der Waals surface area (Å²) < 4.78 is 39.9. The Labute approximate surface area is 193 Å². The van der Waals surface area contributed by atoms with E-state index in [9.17, 15) is 13.2 Å². The van der Waals surface area contributed by atoms with Gasteiger partial charge in [0.1, 0.15) is 12.3 Å². The number of hydrogen-bond donors (Lipinski definition) is 0. The lowest BCUT2D eigenvalue weighted by atomic mass is 10.2. The Morgan fingerprint density at radius 1 is 1.00 bits per heavy atom. The molecule has 7 nitrogen and oxygen atoms in total. The molecule has 0 atom stereocenters. The number of benzene rings is 2. The monoisotopic (exact) mass is 465 g/mol. The number of carbonyl (C=O) groups is 1. The van der Waals surface area contributed by atoms with Crippen LogP contribution in [0, 0.1) is 18.8 Å². The number of nitrogens with zero attached hydrogens (tertiary/aromatic N) is 1. The zero-order valence-electron chi connectivity index (χ0n) is 18.3. The molecule has 0 bridgehead atoms. The highest BCUT2D eigenvalue weighted by Gasteiger charge is 2.16. The van der Waals surface area contributed by atoms with E-state index >= 15 is 0 Å². The van der Waals surface area contributed by atoms with Crippen molar-refractivity contribution in [1.29, 1.82) is 0 Å². The van der Waals surface area contributed by atoms with Crippen molar-refractivity contribution in [3.8, 4) is 17.6 Å². The second kappa shape index (κ2) is 11.3. The topological polar surface area (TPSA) is 91.8 Å². The van der Waals surface area contributed by atoms with Crippen LogP contribution in [-0.2, 0) is 25.6 Å². The normalized spacial score (nSPS) is 10.7. The predicted octanol–water partition coefficient (Wildman–Crippen LogP) is 3.90. The van der Waals surface area contributed by atoms with Crippen LogP contribution in [0.4, 0.5) is 0 Å².